The van der Waals surface area contributed by atoms with Crippen molar-refractivity contribution in [2.75, 3.05) is 0 Å². The van der Waals surface area contributed by atoms with Crippen molar-refractivity contribution in [3.63, 3.8) is 0 Å². The predicted octanol–water partition coefficient (Wildman–Crippen LogP) is 3.74. The monoisotopic (exact) mass is 375 g/mol. The van der Waals surface area contributed by atoms with Crippen LogP contribution in [0.15, 0.2) is 47.1 Å². The molecule has 1 N–H and O–H groups in total. The summed E-state index contributed by atoms with van der Waals surface area (Å²) in [6.07, 6.45) is 1.88. The maximum Gasteiger partial charge on any atom is 0.259 e. The number of carbonyl (C=O) groups is 1. The zero-order valence-electron chi connectivity index (χ0n) is 16.2. The molecular formula is C21H21N5O2. The van der Waals surface area contributed by atoms with Crippen LogP contribution in [-0.2, 0) is 7.05 Å². The number of pyridine rings is 1. The van der Waals surface area contributed by atoms with Crippen LogP contribution in [0.25, 0.3) is 33.6 Å². The van der Waals surface area contributed by atoms with Crippen molar-refractivity contribution < 1.29 is 9.32 Å². The summed E-state index contributed by atoms with van der Waals surface area (Å²) in [7, 11) is 1.85. The Bertz CT molecular complexity index is 1160. The molecule has 28 heavy (non-hydrogen) atoms. The second-order valence-corrected chi connectivity index (χ2v) is 7.06. The van der Waals surface area contributed by atoms with Gasteiger partial charge in [-0.05, 0) is 26.8 Å². The predicted molar refractivity (Wildman–Crippen MR) is 107 cm³/mol. The van der Waals surface area contributed by atoms with Crippen LogP contribution in [0.5, 0.6) is 0 Å². The van der Waals surface area contributed by atoms with Crippen LogP contribution >= 0.6 is 0 Å². The van der Waals surface area contributed by atoms with E-state index in [9.17, 15) is 4.79 Å². The lowest BCUT2D eigenvalue weighted by molar-refractivity contribution is 0.0944. The van der Waals surface area contributed by atoms with Gasteiger partial charge in [-0.15, -0.1) is 0 Å². The number of aryl methyl sites for hydroxylation is 2. The fraction of sp³-hybridized carbons (Fsp3) is 0.238. The van der Waals surface area contributed by atoms with Crippen LogP contribution in [-0.4, -0.2) is 31.9 Å². The summed E-state index contributed by atoms with van der Waals surface area (Å²) in [5, 5.41) is 12.2. The highest BCUT2D eigenvalue weighted by Gasteiger charge is 2.23. The SMILES string of the molecule is Cc1nn(C)cc1-c1cc(C(=O)NC(C)C)c2c(-c3ccccc3)noc2n1. The largest absolute Gasteiger partial charge is 0.350 e. The molecule has 0 aliphatic heterocycles. The van der Waals surface area contributed by atoms with E-state index in [0.29, 0.717) is 28.1 Å². The number of carbonyl (C=O) groups excluding carboxylic acids is 1. The van der Waals surface area contributed by atoms with Gasteiger partial charge in [0.15, 0.2) is 0 Å². The molecule has 4 rings (SSSR count). The maximum absolute atomic E-state index is 13.0. The molecule has 0 radical (unpaired) electrons. The first-order valence-electron chi connectivity index (χ1n) is 9.11. The van der Waals surface area contributed by atoms with Gasteiger partial charge in [0.25, 0.3) is 11.6 Å². The Kier molecular flexibility index (Phi) is 4.43. The number of rotatable bonds is 4. The van der Waals surface area contributed by atoms with Gasteiger partial charge in [-0.3, -0.25) is 9.48 Å². The standard InChI is InChI=1S/C21H21N5O2/c1-12(2)22-20(27)15-10-17(16-11-26(4)24-13(16)3)23-21-18(15)19(25-28-21)14-8-6-5-7-9-14/h5-12H,1-4H3,(H,22,27). The van der Waals surface area contributed by atoms with Crippen molar-refractivity contribution in [1.29, 1.82) is 0 Å². The van der Waals surface area contributed by atoms with Gasteiger partial charge in [-0.1, -0.05) is 35.5 Å². The molecule has 0 saturated carbocycles. The minimum atomic E-state index is -0.189. The molecule has 0 spiro atoms. The van der Waals surface area contributed by atoms with Crippen LogP contribution in [0.4, 0.5) is 0 Å². The van der Waals surface area contributed by atoms with Gasteiger partial charge in [-0.2, -0.15) is 5.10 Å². The zero-order chi connectivity index (χ0) is 19.8. The molecule has 0 aliphatic carbocycles. The number of nitrogens with one attached hydrogen (secondary N) is 1. The molecule has 4 aromatic rings. The van der Waals surface area contributed by atoms with Gasteiger partial charge in [0.05, 0.1) is 22.3 Å². The Hall–Kier alpha value is -3.48. The molecule has 7 nitrogen and oxygen atoms in total. The topological polar surface area (TPSA) is 85.8 Å². The quantitative estimate of drug-likeness (QED) is 0.587. The first-order chi connectivity index (χ1) is 13.4. The van der Waals surface area contributed by atoms with Gasteiger partial charge in [-0.25, -0.2) is 4.98 Å². The van der Waals surface area contributed by atoms with Crippen molar-refractivity contribution in [1.82, 2.24) is 25.2 Å². The Morgan fingerprint density at radius 2 is 1.96 bits per heavy atom. The molecule has 3 aromatic heterocycles. The van der Waals surface area contributed by atoms with Gasteiger partial charge >= 0.3 is 0 Å². The molecule has 1 amide bonds. The molecule has 0 fully saturated rings. The van der Waals surface area contributed by atoms with E-state index in [4.69, 9.17) is 4.52 Å². The van der Waals surface area contributed by atoms with E-state index in [-0.39, 0.29) is 11.9 Å². The first kappa shape index (κ1) is 17.9. The zero-order valence-corrected chi connectivity index (χ0v) is 16.2. The van der Waals surface area contributed by atoms with Crippen LogP contribution in [0.3, 0.4) is 0 Å². The molecule has 0 aliphatic rings. The van der Waals surface area contributed by atoms with Crippen molar-refractivity contribution in [2.45, 2.75) is 26.8 Å². The fourth-order valence-corrected chi connectivity index (χ4v) is 3.25. The van der Waals surface area contributed by atoms with E-state index in [1.54, 1.807) is 10.7 Å². The highest BCUT2D eigenvalue weighted by Crippen LogP contribution is 2.33. The third-order valence-corrected chi connectivity index (χ3v) is 4.45. The number of aromatic nitrogens is 4. The van der Waals surface area contributed by atoms with E-state index >= 15 is 0 Å². The smallest absolute Gasteiger partial charge is 0.259 e. The Labute approximate surface area is 162 Å². The molecular weight excluding hydrogens is 354 g/mol. The molecule has 1 aromatic carbocycles. The number of amides is 1. The molecule has 3 heterocycles. The average molecular weight is 375 g/mol. The summed E-state index contributed by atoms with van der Waals surface area (Å²) < 4.78 is 7.26. The molecule has 0 atom stereocenters. The number of hydrogen-bond acceptors (Lipinski definition) is 5. The van der Waals surface area contributed by atoms with Crippen LogP contribution in [0, 0.1) is 6.92 Å². The highest BCUT2D eigenvalue weighted by molar-refractivity contribution is 6.10. The molecule has 142 valence electrons. The van der Waals surface area contributed by atoms with Crippen LogP contribution in [0.2, 0.25) is 0 Å². The summed E-state index contributed by atoms with van der Waals surface area (Å²) in [6, 6.07) is 11.4. The summed E-state index contributed by atoms with van der Waals surface area (Å²) >= 11 is 0. The van der Waals surface area contributed by atoms with E-state index in [0.717, 1.165) is 16.8 Å². The third kappa shape index (κ3) is 3.15. The maximum atomic E-state index is 13.0. The minimum absolute atomic E-state index is 0.000621. The Morgan fingerprint density at radius 1 is 1.21 bits per heavy atom. The summed E-state index contributed by atoms with van der Waals surface area (Å²) in [5.74, 6) is -0.189. The van der Waals surface area contributed by atoms with Gasteiger partial charge in [0.2, 0.25) is 0 Å². The van der Waals surface area contributed by atoms with Crippen molar-refractivity contribution in [2.24, 2.45) is 7.05 Å². The van der Waals surface area contributed by atoms with Crippen LogP contribution in [0.1, 0.15) is 29.9 Å². The van der Waals surface area contributed by atoms with Crippen molar-refractivity contribution >= 4 is 17.0 Å². The van der Waals surface area contributed by atoms with E-state index in [2.05, 4.69) is 20.6 Å². The third-order valence-electron chi connectivity index (χ3n) is 4.45. The lowest BCUT2D eigenvalue weighted by Gasteiger charge is -2.10. The lowest BCUT2D eigenvalue weighted by atomic mass is 10.0. The average Bonchev–Trinajstić information content (AvgIpc) is 3.23. The minimum Gasteiger partial charge on any atom is -0.350 e. The molecule has 7 heteroatoms. The molecule has 0 saturated heterocycles. The number of hydrogen-bond donors (Lipinski definition) is 1. The van der Waals surface area contributed by atoms with Gasteiger partial charge < -0.3 is 9.84 Å². The van der Waals surface area contributed by atoms with Crippen LogP contribution < -0.4 is 5.32 Å². The normalized spacial score (nSPS) is 11.3. The first-order valence-corrected chi connectivity index (χ1v) is 9.11. The number of benzene rings is 1. The van der Waals surface area contributed by atoms with Crippen molar-refractivity contribution in [3.05, 3.63) is 53.9 Å². The number of fused-ring (bicyclic) bond motifs is 1. The van der Waals surface area contributed by atoms with Gasteiger partial charge in [0, 0.05) is 30.4 Å². The second-order valence-electron chi connectivity index (χ2n) is 7.06. The Balaban J connectivity index is 1.97. The Morgan fingerprint density at radius 3 is 2.61 bits per heavy atom. The summed E-state index contributed by atoms with van der Waals surface area (Å²) in [6.45, 7) is 5.76. The fourth-order valence-electron chi connectivity index (χ4n) is 3.25. The van der Waals surface area contributed by atoms with Gasteiger partial charge in [0.1, 0.15) is 5.69 Å². The summed E-state index contributed by atoms with van der Waals surface area (Å²) in [4.78, 5) is 17.6. The van der Waals surface area contributed by atoms with E-state index in [1.165, 1.54) is 0 Å². The molecule has 0 unspecified atom stereocenters. The van der Waals surface area contributed by atoms with Crippen molar-refractivity contribution in [3.8, 4) is 22.5 Å². The molecule has 0 bridgehead atoms. The summed E-state index contributed by atoms with van der Waals surface area (Å²) in [5.41, 5.74) is 4.58. The van der Waals surface area contributed by atoms with E-state index in [1.807, 2.05) is 64.3 Å². The van der Waals surface area contributed by atoms with E-state index < -0.39 is 0 Å². The second kappa shape index (κ2) is 6.92. The number of nitrogens with zero attached hydrogens (tertiary/aromatic N) is 4. The lowest BCUT2D eigenvalue weighted by Crippen LogP contribution is -2.30. The highest BCUT2D eigenvalue weighted by atomic mass is 16.5.